The van der Waals surface area contributed by atoms with Gasteiger partial charge in [0.25, 0.3) is 0 Å². The lowest BCUT2D eigenvalue weighted by molar-refractivity contribution is 0.112. The molecule has 86 valence electrons. The predicted molar refractivity (Wildman–Crippen MR) is 61.4 cm³/mol. The summed E-state index contributed by atoms with van der Waals surface area (Å²) in [5, 5.41) is 13.0. The van der Waals surface area contributed by atoms with E-state index in [1.165, 1.54) is 0 Å². The van der Waals surface area contributed by atoms with Crippen molar-refractivity contribution in [1.82, 2.24) is 9.78 Å². The average molecular weight is 220 g/mol. The van der Waals surface area contributed by atoms with Crippen molar-refractivity contribution in [3.63, 3.8) is 0 Å². The zero-order valence-corrected chi connectivity index (χ0v) is 10.1. The van der Waals surface area contributed by atoms with Crippen LogP contribution in [0.4, 0.5) is 5.82 Å². The fourth-order valence-electron chi connectivity index (χ4n) is 1.79. The second-order valence-electron chi connectivity index (χ2n) is 3.97. The molecule has 0 aliphatic rings. The van der Waals surface area contributed by atoms with Gasteiger partial charge >= 0.3 is 0 Å². The highest BCUT2D eigenvalue weighted by molar-refractivity contribution is 5.84. The standard InChI is InChI=1S/C11H16N4O/c1-8(5-12)6-14(3)11-10(7-16)9(2)13-15(11)4/h7-8H,6H2,1-4H3. The summed E-state index contributed by atoms with van der Waals surface area (Å²) in [7, 11) is 3.65. The first-order valence-corrected chi connectivity index (χ1v) is 5.10. The second kappa shape index (κ2) is 4.79. The van der Waals surface area contributed by atoms with Crippen LogP contribution in [-0.4, -0.2) is 29.7 Å². The van der Waals surface area contributed by atoms with Gasteiger partial charge in [-0.3, -0.25) is 9.48 Å². The molecule has 0 aliphatic heterocycles. The van der Waals surface area contributed by atoms with E-state index in [0.29, 0.717) is 17.8 Å². The minimum atomic E-state index is -0.0836. The molecule has 0 spiro atoms. The molecule has 1 aromatic rings. The number of carbonyl (C=O) groups is 1. The summed E-state index contributed by atoms with van der Waals surface area (Å²) in [6, 6.07) is 2.17. The van der Waals surface area contributed by atoms with Crippen molar-refractivity contribution in [1.29, 1.82) is 5.26 Å². The van der Waals surface area contributed by atoms with E-state index in [-0.39, 0.29) is 5.92 Å². The van der Waals surface area contributed by atoms with Crippen LogP contribution in [0.5, 0.6) is 0 Å². The monoisotopic (exact) mass is 220 g/mol. The lowest BCUT2D eigenvalue weighted by atomic mass is 10.2. The number of aromatic nitrogens is 2. The Morgan fingerprint density at radius 1 is 1.69 bits per heavy atom. The molecule has 0 saturated carbocycles. The van der Waals surface area contributed by atoms with E-state index in [1.807, 2.05) is 18.9 Å². The van der Waals surface area contributed by atoms with Gasteiger partial charge in [-0.1, -0.05) is 0 Å². The third-order valence-corrected chi connectivity index (χ3v) is 2.48. The maximum atomic E-state index is 11.0. The van der Waals surface area contributed by atoms with Crippen LogP contribution in [0.1, 0.15) is 23.0 Å². The SMILES string of the molecule is Cc1nn(C)c(N(C)CC(C)C#N)c1C=O. The van der Waals surface area contributed by atoms with Gasteiger partial charge in [-0.05, 0) is 13.8 Å². The molecular formula is C11H16N4O. The second-order valence-corrected chi connectivity index (χ2v) is 3.97. The Labute approximate surface area is 95.3 Å². The smallest absolute Gasteiger partial charge is 0.155 e. The van der Waals surface area contributed by atoms with Gasteiger partial charge in [0.05, 0.1) is 23.2 Å². The molecule has 1 rings (SSSR count). The molecule has 1 aromatic heterocycles. The van der Waals surface area contributed by atoms with E-state index >= 15 is 0 Å². The molecule has 0 N–H and O–H groups in total. The minimum absolute atomic E-state index is 0.0836. The third-order valence-electron chi connectivity index (χ3n) is 2.48. The Balaban J connectivity index is 3.03. The summed E-state index contributed by atoms with van der Waals surface area (Å²) >= 11 is 0. The number of rotatable bonds is 4. The summed E-state index contributed by atoms with van der Waals surface area (Å²) in [4.78, 5) is 12.9. The van der Waals surface area contributed by atoms with Crippen LogP contribution in [0, 0.1) is 24.2 Å². The fourth-order valence-corrected chi connectivity index (χ4v) is 1.79. The Hall–Kier alpha value is -1.83. The summed E-state index contributed by atoms with van der Waals surface area (Å²) in [6.45, 7) is 4.23. The number of aryl methyl sites for hydroxylation is 2. The number of aldehydes is 1. The van der Waals surface area contributed by atoms with Crippen molar-refractivity contribution in [2.75, 3.05) is 18.5 Å². The normalized spacial score (nSPS) is 11.9. The van der Waals surface area contributed by atoms with E-state index in [0.717, 1.165) is 12.1 Å². The zero-order chi connectivity index (χ0) is 12.3. The highest BCUT2D eigenvalue weighted by Crippen LogP contribution is 2.20. The first-order valence-electron chi connectivity index (χ1n) is 5.10. The van der Waals surface area contributed by atoms with Crippen molar-refractivity contribution in [2.24, 2.45) is 13.0 Å². The molecule has 0 fully saturated rings. The van der Waals surface area contributed by atoms with Gasteiger partial charge in [0.15, 0.2) is 6.29 Å². The summed E-state index contributed by atoms with van der Waals surface area (Å²) in [6.07, 6.45) is 0.811. The van der Waals surface area contributed by atoms with Crippen molar-refractivity contribution in [3.8, 4) is 6.07 Å². The lowest BCUT2D eigenvalue weighted by Gasteiger charge is -2.20. The third kappa shape index (κ3) is 2.22. The highest BCUT2D eigenvalue weighted by Gasteiger charge is 2.17. The van der Waals surface area contributed by atoms with Gasteiger partial charge < -0.3 is 4.90 Å². The predicted octanol–water partition coefficient (Wildman–Crippen LogP) is 1.14. The molecule has 1 heterocycles. The van der Waals surface area contributed by atoms with Crippen LogP contribution in [-0.2, 0) is 7.05 Å². The minimum Gasteiger partial charge on any atom is -0.358 e. The molecule has 16 heavy (non-hydrogen) atoms. The summed E-state index contributed by atoms with van der Waals surface area (Å²) in [5.74, 6) is 0.675. The van der Waals surface area contributed by atoms with E-state index in [2.05, 4.69) is 11.2 Å². The van der Waals surface area contributed by atoms with Crippen molar-refractivity contribution in [2.45, 2.75) is 13.8 Å². The molecule has 0 aromatic carbocycles. The van der Waals surface area contributed by atoms with Gasteiger partial charge in [0.1, 0.15) is 5.82 Å². The summed E-state index contributed by atoms with van der Waals surface area (Å²) in [5.41, 5.74) is 1.30. The van der Waals surface area contributed by atoms with Crippen molar-refractivity contribution in [3.05, 3.63) is 11.3 Å². The van der Waals surface area contributed by atoms with Crippen LogP contribution in [0.25, 0.3) is 0 Å². The maximum absolute atomic E-state index is 11.0. The van der Waals surface area contributed by atoms with Gasteiger partial charge in [0, 0.05) is 20.6 Å². The van der Waals surface area contributed by atoms with Crippen LogP contribution in [0.15, 0.2) is 0 Å². The number of hydrogen-bond donors (Lipinski definition) is 0. The molecule has 1 atom stereocenters. The van der Waals surface area contributed by atoms with Crippen molar-refractivity contribution < 1.29 is 4.79 Å². The largest absolute Gasteiger partial charge is 0.358 e. The maximum Gasteiger partial charge on any atom is 0.155 e. The number of nitrogens with zero attached hydrogens (tertiary/aromatic N) is 4. The van der Waals surface area contributed by atoms with Crippen LogP contribution in [0.2, 0.25) is 0 Å². The number of carbonyl (C=O) groups excluding carboxylic acids is 1. The van der Waals surface area contributed by atoms with E-state index in [9.17, 15) is 4.79 Å². The number of hydrogen-bond acceptors (Lipinski definition) is 4. The first-order chi connectivity index (χ1) is 7.51. The topological polar surface area (TPSA) is 61.9 Å². The fraction of sp³-hybridized carbons (Fsp3) is 0.545. The molecule has 0 aliphatic carbocycles. The molecule has 0 radical (unpaired) electrons. The number of nitriles is 1. The van der Waals surface area contributed by atoms with Gasteiger partial charge in [-0.15, -0.1) is 0 Å². The highest BCUT2D eigenvalue weighted by atomic mass is 16.1. The van der Waals surface area contributed by atoms with Gasteiger partial charge in [-0.25, -0.2) is 0 Å². The van der Waals surface area contributed by atoms with Gasteiger partial charge in [0.2, 0.25) is 0 Å². The zero-order valence-electron chi connectivity index (χ0n) is 10.1. The van der Waals surface area contributed by atoms with Crippen molar-refractivity contribution >= 4 is 12.1 Å². The average Bonchev–Trinajstić information content (AvgIpc) is 2.52. The Bertz CT molecular complexity index is 430. The Morgan fingerprint density at radius 3 is 2.81 bits per heavy atom. The Morgan fingerprint density at radius 2 is 2.31 bits per heavy atom. The van der Waals surface area contributed by atoms with E-state index < -0.39 is 0 Å². The van der Waals surface area contributed by atoms with Crippen LogP contribution >= 0.6 is 0 Å². The number of anilines is 1. The molecule has 0 amide bonds. The molecule has 1 unspecified atom stereocenters. The molecular weight excluding hydrogens is 204 g/mol. The lowest BCUT2D eigenvalue weighted by Crippen LogP contribution is -2.26. The quantitative estimate of drug-likeness (QED) is 0.714. The molecule has 0 bridgehead atoms. The van der Waals surface area contributed by atoms with Crippen LogP contribution < -0.4 is 4.90 Å². The summed E-state index contributed by atoms with van der Waals surface area (Å²) < 4.78 is 1.67. The van der Waals surface area contributed by atoms with Gasteiger partial charge in [-0.2, -0.15) is 10.4 Å². The Kier molecular flexibility index (Phi) is 3.67. The molecule has 5 heteroatoms. The molecule has 0 saturated heterocycles. The molecule has 5 nitrogen and oxygen atoms in total. The first kappa shape index (κ1) is 12.2. The van der Waals surface area contributed by atoms with Crippen LogP contribution in [0.3, 0.4) is 0 Å². The van der Waals surface area contributed by atoms with E-state index in [4.69, 9.17) is 5.26 Å². The van der Waals surface area contributed by atoms with E-state index in [1.54, 1.807) is 18.7 Å².